The van der Waals surface area contributed by atoms with E-state index in [2.05, 4.69) is 5.32 Å². The van der Waals surface area contributed by atoms with Gasteiger partial charge in [-0.2, -0.15) is 0 Å². The second kappa shape index (κ2) is 6.09. The second-order valence-electron chi connectivity index (χ2n) is 5.20. The molecule has 1 aliphatic rings. The van der Waals surface area contributed by atoms with Gasteiger partial charge < -0.3 is 19.7 Å². The minimum absolute atomic E-state index is 0.191. The molecule has 1 amide bonds. The fraction of sp³-hybridized carbons (Fsp3) is 0.571. The van der Waals surface area contributed by atoms with Gasteiger partial charge in [0.15, 0.2) is 0 Å². The van der Waals surface area contributed by atoms with Crippen molar-refractivity contribution in [3.05, 3.63) is 24.0 Å². The highest BCUT2D eigenvalue weighted by Gasteiger charge is 2.44. The van der Waals surface area contributed by atoms with Crippen molar-refractivity contribution in [1.29, 1.82) is 0 Å². The summed E-state index contributed by atoms with van der Waals surface area (Å²) in [5.74, 6) is -1.06. The maximum Gasteiger partial charge on any atom is 0.311 e. The van der Waals surface area contributed by atoms with Crippen LogP contribution in [-0.4, -0.2) is 41.8 Å². The van der Waals surface area contributed by atoms with Crippen molar-refractivity contribution >= 4 is 11.9 Å². The molecule has 0 atom stereocenters. The number of carboxylic acids is 1. The molecule has 1 heterocycles. The molecule has 0 unspecified atom stereocenters. The fourth-order valence-corrected chi connectivity index (χ4v) is 2.41. The molecule has 110 valence electrons. The topological polar surface area (TPSA) is 80.6 Å². The standard InChI is InChI=1S/C14H20N2O4/c1-20-9-8-16-7-2-4-11(16)12(17)15-10-14(13(18)19)5-3-6-14/h2,4,7H,3,5-6,8-10H2,1H3,(H,15,17)(H,18,19). The van der Waals surface area contributed by atoms with Gasteiger partial charge in [-0.1, -0.05) is 6.42 Å². The van der Waals surface area contributed by atoms with E-state index in [1.165, 1.54) is 0 Å². The van der Waals surface area contributed by atoms with Gasteiger partial charge >= 0.3 is 5.97 Å². The van der Waals surface area contributed by atoms with Crippen LogP contribution in [0.3, 0.4) is 0 Å². The molecule has 0 aromatic carbocycles. The third-order valence-electron chi connectivity index (χ3n) is 3.95. The highest BCUT2D eigenvalue weighted by molar-refractivity contribution is 5.93. The van der Waals surface area contributed by atoms with Gasteiger partial charge in [-0.15, -0.1) is 0 Å². The van der Waals surface area contributed by atoms with Gasteiger partial charge in [0.1, 0.15) is 5.69 Å². The Bertz CT molecular complexity index is 491. The molecule has 6 nitrogen and oxygen atoms in total. The normalized spacial score (nSPS) is 16.4. The van der Waals surface area contributed by atoms with Crippen molar-refractivity contribution in [2.75, 3.05) is 20.3 Å². The maximum atomic E-state index is 12.1. The summed E-state index contributed by atoms with van der Waals surface area (Å²) >= 11 is 0. The van der Waals surface area contributed by atoms with E-state index >= 15 is 0 Å². The predicted octanol–water partition coefficient (Wildman–Crippen LogP) is 1.12. The highest BCUT2D eigenvalue weighted by Crippen LogP contribution is 2.40. The number of nitrogens with zero attached hydrogens (tertiary/aromatic N) is 1. The van der Waals surface area contributed by atoms with E-state index in [1.807, 2.05) is 6.20 Å². The molecule has 20 heavy (non-hydrogen) atoms. The molecule has 2 N–H and O–H groups in total. The summed E-state index contributed by atoms with van der Waals surface area (Å²) in [6.45, 7) is 1.31. The number of amides is 1. The summed E-state index contributed by atoms with van der Waals surface area (Å²) < 4.78 is 6.79. The SMILES string of the molecule is COCCn1cccc1C(=O)NCC1(C(=O)O)CCC1. The average molecular weight is 280 g/mol. The maximum absolute atomic E-state index is 12.1. The summed E-state index contributed by atoms with van der Waals surface area (Å²) in [6.07, 6.45) is 3.98. The number of aliphatic carboxylic acids is 1. The second-order valence-corrected chi connectivity index (χ2v) is 5.20. The fourth-order valence-electron chi connectivity index (χ4n) is 2.41. The molecule has 0 radical (unpaired) electrons. The quantitative estimate of drug-likeness (QED) is 0.784. The van der Waals surface area contributed by atoms with Crippen molar-refractivity contribution in [1.82, 2.24) is 9.88 Å². The first kappa shape index (κ1) is 14.6. The molecule has 0 bridgehead atoms. The zero-order chi connectivity index (χ0) is 14.6. The van der Waals surface area contributed by atoms with E-state index in [0.29, 0.717) is 31.7 Å². The number of hydrogen-bond donors (Lipinski definition) is 2. The van der Waals surface area contributed by atoms with Crippen LogP contribution >= 0.6 is 0 Å². The van der Waals surface area contributed by atoms with Gasteiger partial charge in [0.2, 0.25) is 0 Å². The minimum Gasteiger partial charge on any atom is -0.481 e. The molecule has 1 fully saturated rings. The third kappa shape index (κ3) is 2.85. The molecule has 2 rings (SSSR count). The van der Waals surface area contributed by atoms with Gasteiger partial charge in [-0.3, -0.25) is 9.59 Å². The number of hydrogen-bond acceptors (Lipinski definition) is 3. The van der Waals surface area contributed by atoms with Gasteiger partial charge in [-0.05, 0) is 25.0 Å². The van der Waals surface area contributed by atoms with Crippen molar-refractivity contribution in [2.45, 2.75) is 25.8 Å². The molecule has 1 aromatic rings. The predicted molar refractivity (Wildman–Crippen MR) is 72.6 cm³/mol. The number of methoxy groups -OCH3 is 1. The zero-order valence-electron chi connectivity index (χ0n) is 11.6. The van der Waals surface area contributed by atoms with E-state index in [9.17, 15) is 14.7 Å². The van der Waals surface area contributed by atoms with Crippen molar-refractivity contribution < 1.29 is 19.4 Å². The van der Waals surface area contributed by atoms with Gasteiger partial charge in [0, 0.05) is 26.4 Å². The lowest BCUT2D eigenvalue weighted by molar-refractivity contribution is -0.153. The largest absolute Gasteiger partial charge is 0.481 e. The molecular weight excluding hydrogens is 260 g/mol. The lowest BCUT2D eigenvalue weighted by Gasteiger charge is -2.37. The van der Waals surface area contributed by atoms with Crippen molar-refractivity contribution in [3.63, 3.8) is 0 Å². The van der Waals surface area contributed by atoms with Crippen LogP contribution < -0.4 is 5.32 Å². The monoisotopic (exact) mass is 280 g/mol. The average Bonchev–Trinajstić information content (AvgIpc) is 2.82. The van der Waals surface area contributed by atoms with Crippen LogP contribution in [0.25, 0.3) is 0 Å². The Balaban J connectivity index is 1.95. The van der Waals surface area contributed by atoms with Gasteiger partial charge in [0.25, 0.3) is 5.91 Å². The molecular formula is C14H20N2O4. The van der Waals surface area contributed by atoms with Gasteiger partial charge in [-0.25, -0.2) is 0 Å². The Hall–Kier alpha value is -1.82. The molecule has 0 saturated heterocycles. The number of nitrogens with one attached hydrogen (secondary N) is 1. The van der Waals surface area contributed by atoms with Crippen LogP contribution in [0.4, 0.5) is 0 Å². The molecule has 0 spiro atoms. The summed E-state index contributed by atoms with van der Waals surface area (Å²) in [4.78, 5) is 23.4. The smallest absolute Gasteiger partial charge is 0.311 e. The van der Waals surface area contributed by atoms with Crippen LogP contribution in [0.15, 0.2) is 18.3 Å². The van der Waals surface area contributed by atoms with E-state index in [0.717, 1.165) is 6.42 Å². The number of carbonyl (C=O) groups excluding carboxylic acids is 1. The molecule has 6 heteroatoms. The lowest BCUT2D eigenvalue weighted by Crippen LogP contribution is -2.47. The number of rotatable bonds is 7. The lowest BCUT2D eigenvalue weighted by atomic mass is 9.69. The number of ether oxygens (including phenoxy) is 1. The Morgan fingerprint density at radius 2 is 2.25 bits per heavy atom. The van der Waals surface area contributed by atoms with Crippen LogP contribution in [0.2, 0.25) is 0 Å². The first-order valence-electron chi connectivity index (χ1n) is 6.75. The molecule has 1 saturated carbocycles. The number of carbonyl (C=O) groups is 2. The Labute approximate surface area is 117 Å². The first-order chi connectivity index (χ1) is 9.59. The van der Waals surface area contributed by atoms with Crippen LogP contribution in [-0.2, 0) is 16.1 Å². The number of carboxylic acid groups (broad SMARTS) is 1. The first-order valence-corrected chi connectivity index (χ1v) is 6.75. The molecule has 1 aliphatic carbocycles. The van der Waals surface area contributed by atoms with E-state index in [4.69, 9.17) is 4.74 Å². The summed E-state index contributed by atoms with van der Waals surface area (Å²) in [7, 11) is 1.61. The third-order valence-corrected chi connectivity index (χ3v) is 3.95. The molecule has 1 aromatic heterocycles. The van der Waals surface area contributed by atoms with Crippen molar-refractivity contribution in [3.8, 4) is 0 Å². The summed E-state index contributed by atoms with van der Waals surface area (Å²) in [5.41, 5.74) is -0.235. The van der Waals surface area contributed by atoms with Crippen LogP contribution in [0.1, 0.15) is 29.8 Å². The summed E-state index contributed by atoms with van der Waals surface area (Å²) in [6, 6.07) is 3.51. The van der Waals surface area contributed by atoms with Crippen LogP contribution in [0.5, 0.6) is 0 Å². The minimum atomic E-state index is -0.821. The Morgan fingerprint density at radius 3 is 2.80 bits per heavy atom. The highest BCUT2D eigenvalue weighted by atomic mass is 16.5. The summed E-state index contributed by atoms with van der Waals surface area (Å²) in [5, 5.41) is 12.0. The van der Waals surface area contributed by atoms with E-state index in [1.54, 1.807) is 23.8 Å². The van der Waals surface area contributed by atoms with Gasteiger partial charge in [0.05, 0.1) is 12.0 Å². The Morgan fingerprint density at radius 1 is 1.50 bits per heavy atom. The van der Waals surface area contributed by atoms with E-state index < -0.39 is 11.4 Å². The number of aromatic nitrogens is 1. The van der Waals surface area contributed by atoms with E-state index in [-0.39, 0.29) is 12.5 Å². The molecule has 0 aliphatic heterocycles. The zero-order valence-corrected chi connectivity index (χ0v) is 11.6. The Kier molecular flexibility index (Phi) is 4.44. The van der Waals surface area contributed by atoms with Crippen LogP contribution in [0, 0.1) is 5.41 Å². The van der Waals surface area contributed by atoms with Crippen molar-refractivity contribution in [2.24, 2.45) is 5.41 Å².